The van der Waals surface area contributed by atoms with E-state index in [4.69, 9.17) is 9.47 Å². The summed E-state index contributed by atoms with van der Waals surface area (Å²) >= 11 is 0. The summed E-state index contributed by atoms with van der Waals surface area (Å²) in [7, 11) is 0. The second-order valence-corrected chi connectivity index (χ2v) is 8.42. The van der Waals surface area contributed by atoms with Gasteiger partial charge < -0.3 is 61.4 Å². The maximum Gasteiger partial charge on any atom is 0.217 e. The highest BCUT2D eigenvalue weighted by molar-refractivity contribution is 5.74. The Labute approximate surface area is 207 Å². The summed E-state index contributed by atoms with van der Waals surface area (Å²) in [6.07, 6.45) is -10.2. The normalized spacial score (nSPS) is 35.9. The van der Waals surface area contributed by atoms with Gasteiger partial charge in [0.1, 0.15) is 48.7 Å². The zero-order chi connectivity index (χ0) is 27.7. The molecule has 0 unspecified atom stereocenters. The molecule has 16 nitrogen and oxygen atoms in total. The van der Waals surface area contributed by atoms with Crippen LogP contribution in [0, 0.1) is 0 Å². The molecule has 2 aliphatic rings. The van der Waals surface area contributed by atoms with Gasteiger partial charge in [0.15, 0.2) is 12.6 Å². The molecule has 0 saturated carbocycles. The van der Waals surface area contributed by atoms with Crippen molar-refractivity contribution >= 4 is 23.6 Å². The van der Waals surface area contributed by atoms with Gasteiger partial charge in [0.05, 0.1) is 0 Å². The number of amides is 4. The van der Waals surface area contributed by atoms with E-state index in [1.807, 2.05) is 0 Å². The lowest BCUT2D eigenvalue weighted by Gasteiger charge is -2.40. The summed E-state index contributed by atoms with van der Waals surface area (Å²) in [5, 5.41) is 67.7. The van der Waals surface area contributed by atoms with Gasteiger partial charge in [-0.05, 0) is 0 Å². The minimum Gasteiger partial charge on any atom is -0.388 e. The number of hydrogen-bond acceptors (Lipinski definition) is 12. The molecule has 0 aromatic carbocycles. The van der Waals surface area contributed by atoms with E-state index in [9.17, 15) is 49.8 Å². The van der Waals surface area contributed by atoms with Crippen LogP contribution in [-0.4, -0.2) is 129 Å². The average molecular weight is 525 g/mol. The van der Waals surface area contributed by atoms with E-state index in [-0.39, 0.29) is 24.9 Å². The molecule has 10 atom stereocenters. The molecule has 16 heteroatoms. The number of hydrogen-bond donors (Lipinski definition) is 10. The van der Waals surface area contributed by atoms with Gasteiger partial charge in [0.25, 0.3) is 0 Å². The summed E-state index contributed by atoms with van der Waals surface area (Å²) in [4.78, 5) is 43.2. The first kappa shape index (κ1) is 31.6. The van der Waals surface area contributed by atoms with Crippen LogP contribution in [0.5, 0.6) is 0 Å². The van der Waals surface area contributed by atoms with Crippen molar-refractivity contribution in [3.63, 3.8) is 0 Å². The highest BCUT2D eigenvalue weighted by atomic mass is 16.6. The number of aliphatic hydroxyl groups is 6. The van der Waals surface area contributed by atoms with Crippen LogP contribution in [0.2, 0.25) is 0 Å². The van der Waals surface area contributed by atoms with Crippen molar-refractivity contribution < 1.29 is 59.3 Å². The largest absolute Gasteiger partial charge is 0.388 e. The highest BCUT2D eigenvalue weighted by Gasteiger charge is 2.45. The third-order valence-electron chi connectivity index (χ3n) is 5.28. The number of ether oxygens (including phenoxy) is 2. The van der Waals surface area contributed by atoms with Crippen LogP contribution in [0.1, 0.15) is 27.7 Å². The highest BCUT2D eigenvalue weighted by Crippen LogP contribution is 2.20. The molecule has 0 bridgehead atoms. The molecule has 2 aliphatic heterocycles. The molecule has 0 aromatic rings. The predicted octanol–water partition coefficient (Wildman–Crippen LogP) is -5.87. The maximum atomic E-state index is 10.9. The fourth-order valence-electron chi connectivity index (χ4n) is 3.50. The van der Waals surface area contributed by atoms with Crippen LogP contribution in [0.3, 0.4) is 0 Å². The van der Waals surface area contributed by atoms with E-state index in [0.29, 0.717) is 0 Å². The number of aliphatic hydroxyl groups excluding tert-OH is 6. The Morgan fingerprint density at radius 2 is 0.861 bits per heavy atom. The van der Waals surface area contributed by atoms with Gasteiger partial charge in [-0.2, -0.15) is 0 Å². The second-order valence-electron chi connectivity index (χ2n) is 8.42. The van der Waals surface area contributed by atoms with E-state index in [1.165, 1.54) is 27.7 Å². The van der Waals surface area contributed by atoms with Crippen LogP contribution in [-0.2, 0) is 28.7 Å². The van der Waals surface area contributed by atoms with Gasteiger partial charge in [-0.25, -0.2) is 0 Å². The lowest BCUT2D eigenvalue weighted by molar-refractivity contribution is -0.245. The van der Waals surface area contributed by atoms with E-state index in [0.717, 1.165) is 0 Å². The third-order valence-corrected chi connectivity index (χ3v) is 5.28. The summed E-state index contributed by atoms with van der Waals surface area (Å²) in [5.41, 5.74) is 0. The minimum atomic E-state index is -1.45. The molecule has 0 spiro atoms. The van der Waals surface area contributed by atoms with Crippen LogP contribution < -0.4 is 21.3 Å². The molecule has 36 heavy (non-hydrogen) atoms. The Morgan fingerprint density at radius 1 is 0.556 bits per heavy atom. The predicted molar refractivity (Wildman–Crippen MR) is 118 cm³/mol. The van der Waals surface area contributed by atoms with Gasteiger partial charge >= 0.3 is 0 Å². The Hall–Kier alpha value is -2.44. The quantitative estimate of drug-likeness (QED) is 0.156. The smallest absolute Gasteiger partial charge is 0.217 e. The second kappa shape index (κ2) is 14.3. The molecular formula is C20H36N4O12. The first-order valence-electron chi connectivity index (χ1n) is 11.1. The first-order chi connectivity index (χ1) is 16.6. The topological polar surface area (TPSA) is 256 Å². The molecule has 4 amide bonds. The van der Waals surface area contributed by atoms with Crippen LogP contribution in [0.25, 0.3) is 0 Å². The summed E-state index contributed by atoms with van der Waals surface area (Å²) in [5.74, 6) is -1.57. The van der Waals surface area contributed by atoms with Gasteiger partial charge in [-0.15, -0.1) is 0 Å². The Kier molecular flexibility index (Phi) is 12.6. The zero-order valence-corrected chi connectivity index (χ0v) is 20.3. The van der Waals surface area contributed by atoms with E-state index < -0.39 is 73.1 Å². The number of rotatable bonds is 6. The average Bonchev–Trinajstić information content (AvgIpc) is 2.77. The Balaban J connectivity index is 0.000000360. The Bertz CT molecular complexity index is 705. The fraction of sp³-hybridized carbons (Fsp3) is 0.800. The van der Waals surface area contributed by atoms with Crippen molar-refractivity contribution in [1.29, 1.82) is 0 Å². The SMILES string of the molecule is CC(=O)NC[C@H]1O[C@@H](O)[C@H](NC(C)=O)[C@@H](O)[C@H]1O.CC(=O)NC[C@H]1O[C@H](O)[C@H](NC(C)=O)[C@H](O)[C@@H]1O. The van der Waals surface area contributed by atoms with Crippen LogP contribution in [0.15, 0.2) is 0 Å². The fourth-order valence-corrected chi connectivity index (χ4v) is 3.50. The summed E-state index contributed by atoms with van der Waals surface area (Å²) < 4.78 is 10.1. The summed E-state index contributed by atoms with van der Waals surface area (Å²) in [6, 6.07) is -2.21. The van der Waals surface area contributed by atoms with Crippen molar-refractivity contribution in [2.75, 3.05) is 13.1 Å². The van der Waals surface area contributed by atoms with Gasteiger partial charge in [0.2, 0.25) is 23.6 Å². The third kappa shape index (κ3) is 9.55. The standard InChI is InChI=1S/2C10H18N2O6/c2*1-4(13)11-3-6-8(15)9(16)7(10(17)18-6)12-5(2)14/h2*6-10,15-17H,3H2,1-2H3,(H,11,13)(H,12,14)/t6-,7-,8+,9-,10-;6-,7-,8-,9+,10+/m11/s1. The number of carbonyl (C=O) groups excluding carboxylic acids is 4. The van der Waals surface area contributed by atoms with E-state index >= 15 is 0 Å². The Morgan fingerprint density at radius 3 is 1.11 bits per heavy atom. The van der Waals surface area contributed by atoms with Crippen molar-refractivity contribution in [1.82, 2.24) is 21.3 Å². The molecule has 2 heterocycles. The van der Waals surface area contributed by atoms with Crippen LogP contribution in [0.4, 0.5) is 0 Å². The molecule has 208 valence electrons. The first-order valence-corrected chi connectivity index (χ1v) is 11.1. The molecule has 2 saturated heterocycles. The molecule has 2 rings (SSSR count). The van der Waals surface area contributed by atoms with Crippen molar-refractivity contribution in [2.24, 2.45) is 0 Å². The van der Waals surface area contributed by atoms with Gasteiger partial charge in [0, 0.05) is 40.8 Å². The molecule has 10 N–H and O–H groups in total. The molecular weight excluding hydrogens is 488 g/mol. The van der Waals surface area contributed by atoms with Crippen LogP contribution >= 0.6 is 0 Å². The molecule has 0 aliphatic carbocycles. The molecule has 0 aromatic heterocycles. The lowest BCUT2D eigenvalue weighted by atomic mass is 9.96. The van der Waals surface area contributed by atoms with Gasteiger partial charge in [-0.1, -0.05) is 0 Å². The molecule has 2 fully saturated rings. The van der Waals surface area contributed by atoms with Gasteiger partial charge in [-0.3, -0.25) is 19.2 Å². The van der Waals surface area contributed by atoms with E-state index in [2.05, 4.69) is 21.3 Å². The molecule has 0 radical (unpaired) electrons. The van der Waals surface area contributed by atoms with Crippen molar-refractivity contribution in [2.45, 2.75) is 89.0 Å². The monoisotopic (exact) mass is 524 g/mol. The van der Waals surface area contributed by atoms with Crippen molar-refractivity contribution in [3.8, 4) is 0 Å². The van der Waals surface area contributed by atoms with E-state index in [1.54, 1.807) is 0 Å². The lowest BCUT2D eigenvalue weighted by Crippen LogP contribution is -2.64. The number of nitrogens with one attached hydrogen (secondary N) is 4. The maximum absolute atomic E-state index is 10.9. The summed E-state index contributed by atoms with van der Waals surface area (Å²) in [6.45, 7) is 4.93. The zero-order valence-electron chi connectivity index (χ0n) is 20.3. The minimum absolute atomic E-state index is 0.0442. The van der Waals surface area contributed by atoms with Crippen molar-refractivity contribution in [3.05, 3.63) is 0 Å². The number of carbonyl (C=O) groups is 4.